The van der Waals surface area contributed by atoms with Gasteiger partial charge in [-0.3, -0.25) is 14.5 Å². The maximum atomic E-state index is 11.5. The molecule has 80 valence electrons. The van der Waals surface area contributed by atoms with Crippen molar-refractivity contribution in [2.24, 2.45) is 0 Å². The molecular formula is C10H17NO3. The number of hydrogen-bond acceptors (Lipinski definition) is 3. The summed E-state index contributed by atoms with van der Waals surface area (Å²) < 4.78 is 0. The van der Waals surface area contributed by atoms with Gasteiger partial charge >= 0.3 is 0 Å². The molecule has 1 fully saturated rings. The van der Waals surface area contributed by atoms with Crippen molar-refractivity contribution in [1.29, 1.82) is 0 Å². The normalized spacial score (nSPS) is 18.1. The Bertz CT molecular complexity index is 221. The highest BCUT2D eigenvalue weighted by atomic mass is 16.3. The lowest BCUT2D eigenvalue weighted by Crippen LogP contribution is -2.53. The summed E-state index contributed by atoms with van der Waals surface area (Å²) in [6, 6.07) is 0. The third-order valence-electron chi connectivity index (χ3n) is 3.14. The number of aliphatic hydroxyl groups excluding tert-OH is 1. The van der Waals surface area contributed by atoms with Crippen LogP contribution in [-0.4, -0.2) is 34.0 Å². The predicted octanol–water partition coefficient (Wildman–Crippen LogP) is 0.686. The van der Waals surface area contributed by atoms with E-state index in [1.807, 2.05) is 13.8 Å². The zero-order valence-electron chi connectivity index (χ0n) is 8.75. The number of amides is 2. The van der Waals surface area contributed by atoms with E-state index in [9.17, 15) is 14.7 Å². The summed E-state index contributed by atoms with van der Waals surface area (Å²) in [6.45, 7) is 3.63. The van der Waals surface area contributed by atoms with Gasteiger partial charge in [-0.2, -0.15) is 0 Å². The van der Waals surface area contributed by atoms with Crippen LogP contribution in [0.3, 0.4) is 0 Å². The second-order valence-electron chi connectivity index (χ2n) is 3.71. The van der Waals surface area contributed by atoms with Crippen LogP contribution in [0.4, 0.5) is 0 Å². The second kappa shape index (κ2) is 4.09. The topological polar surface area (TPSA) is 57.6 Å². The van der Waals surface area contributed by atoms with E-state index in [0.717, 1.165) is 0 Å². The molecule has 0 saturated carbocycles. The minimum atomic E-state index is -0.662. The zero-order valence-corrected chi connectivity index (χ0v) is 8.75. The highest BCUT2D eigenvalue weighted by Gasteiger charge is 2.43. The van der Waals surface area contributed by atoms with Gasteiger partial charge in [0.25, 0.3) is 0 Å². The Kier molecular flexibility index (Phi) is 3.26. The van der Waals surface area contributed by atoms with E-state index in [0.29, 0.717) is 25.7 Å². The number of hydrogen-bond donors (Lipinski definition) is 1. The molecule has 1 aliphatic rings. The Hall–Kier alpha value is -0.900. The van der Waals surface area contributed by atoms with E-state index < -0.39 is 5.54 Å². The van der Waals surface area contributed by atoms with E-state index in [4.69, 9.17) is 0 Å². The van der Waals surface area contributed by atoms with Crippen molar-refractivity contribution in [3.05, 3.63) is 0 Å². The van der Waals surface area contributed by atoms with E-state index in [-0.39, 0.29) is 18.4 Å². The molecule has 0 atom stereocenters. The van der Waals surface area contributed by atoms with Crippen molar-refractivity contribution < 1.29 is 14.7 Å². The summed E-state index contributed by atoms with van der Waals surface area (Å²) in [5, 5.41) is 9.33. The number of imide groups is 1. The zero-order chi connectivity index (χ0) is 10.8. The molecule has 1 aliphatic heterocycles. The molecule has 0 spiro atoms. The molecule has 0 bridgehead atoms. The smallest absolute Gasteiger partial charge is 0.230 e. The lowest BCUT2D eigenvalue weighted by Gasteiger charge is -2.37. The van der Waals surface area contributed by atoms with Gasteiger partial charge in [0.1, 0.15) is 0 Å². The van der Waals surface area contributed by atoms with Crippen LogP contribution in [0.25, 0.3) is 0 Å². The molecule has 14 heavy (non-hydrogen) atoms. The first-order chi connectivity index (χ1) is 6.61. The Morgan fingerprint density at radius 3 is 1.93 bits per heavy atom. The van der Waals surface area contributed by atoms with Crippen LogP contribution in [0, 0.1) is 0 Å². The van der Waals surface area contributed by atoms with Gasteiger partial charge in [0.2, 0.25) is 11.8 Å². The summed E-state index contributed by atoms with van der Waals surface area (Å²) in [6.07, 6.45) is 1.80. The Balaban J connectivity index is 2.97. The quantitative estimate of drug-likeness (QED) is 0.677. The lowest BCUT2D eigenvalue weighted by atomic mass is 9.92. The van der Waals surface area contributed by atoms with Crippen molar-refractivity contribution in [1.82, 2.24) is 4.90 Å². The van der Waals surface area contributed by atoms with Gasteiger partial charge < -0.3 is 5.11 Å². The van der Waals surface area contributed by atoms with Crippen LogP contribution in [0.5, 0.6) is 0 Å². The highest BCUT2D eigenvalue weighted by Crippen LogP contribution is 2.29. The first-order valence-corrected chi connectivity index (χ1v) is 5.08. The highest BCUT2D eigenvalue weighted by molar-refractivity contribution is 6.02. The van der Waals surface area contributed by atoms with E-state index in [1.165, 1.54) is 4.90 Å². The fourth-order valence-electron chi connectivity index (χ4n) is 1.97. The molecule has 0 radical (unpaired) electrons. The number of carbonyl (C=O) groups excluding carboxylic acids is 2. The van der Waals surface area contributed by atoms with E-state index >= 15 is 0 Å². The number of nitrogens with zero attached hydrogens (tertiary/aromatic N) is 1. The van der Waals surface area contributed by atoms with Crippen molar-refractivity contribution in [2.45, 2.75) is 45.1 Å². The van der Waals surface area contributed by atoms with Crippen molar-refractivity contribution in [2.75, 3.05) is 6.61 Å². The van der Waals surface area contributed by atoms with Gasteiger partial charge in [-0.15, -0.1) is 0 Å². The van der Waals surface area contributed by atoms with Gasteiger partial charge in [0.15, 0.2) is 0 Å². The van der Waals surface area contributed by atoms with Gasteiger partial charge in [-0.1, -0.05) is 13.8 Å². The molecule has 0 aromatic carbocycles. The third kappa shape index (κ3) is 1.54. The maximum absolute atomic E-state index is 11.5. The Morgan fingerprint density at radius 1 is 1.21 bits per heavy atom. The Labute approximate surface area is 83.9 Å². The summed E-state index contributed by atoms with van der Waals surface area (Å²) >= 11 is 0. The Morgan fingerprint density at radius 2 is 1.64 bits per heavy atom. The van der Waals surface area contributed by atoms with Gasteiger partial charge in [0.05, 0.1) is 12.1 Å². The summed E-state index contributed by atoms with van der Waals surface area (Å²) in [7, 11) is 0. The second-order valence-corrected chi connectivity index (χ2v) is 3.71. The molecule has 0 aliphatic carbocycles. The van der Waals surface area contributed by atoms with Crippen LogP contribution >= 0.6 is 0 Å². The molecule has 4 nitrogen and oxygen atoms in total. The fourth-order valence-corrected chi connectivity index (χ4v) is 1.97. The molecule has 1 N–H and O–H groups in total. The molecule has 4 heteroatoms. The molecule has 1 saturated heterocycles. The van der Waals surface area contributed by atoms with E-state index in [2.05, 4.69) is 0 Å². The average Bonchev–Trinajstić information content (AvgIpc) is 2.53. The first-order valence-electron chi connectivity index (χ1n) is 5.08. The molecule has 0 aromatic rings. The van der Waals surface area contributed by atoms with Crippen molar-refractivity contribution in [3.8, 4) is 0 Å². The molecule has 0 unspecified atom stereocenters. The lowest BCUT2D eigenvalue weighted by molar-refractivity contribution is -0.148. The number of rotatable bonds is 4. The van der Waals surface area contributed by atoms with E-state index in [1.54, 1.807) is 0 Å². The monoisotopic (exact) mass is 199 g/mol. The predicted molar refractivity (Wildman–Crippen MR) is 51.5 cm³/mol. The van der Waals surface area contributed by atoms with Crippen LogP contribution in [0.1, 0.15) is 39.5 Å². The standard InChI is InChI=1S/C10H17NO3/c1-3-10(4-2,7-12)11-8(13)5-6-9(11)14/h12H,3-7H2,1-2H3. The maximum Gasteiger partial charge on any atom is 0.230 e. The summed E-state index contributed by atoms with van der Waals surface area (Å²) in [4.78, 5) is 24.3. The van der Waals surface area contributed by atoms with Crippen molar-refractivity contribution >= 4 is 11.8 Å². The summed E-state index contributed by atoms with van der Waals surface area (Å²) in [5.74, 6) is -0.291. The first kappa shape index (κ1) is 11.2. The van der Waals surface area contributed by atoms with Gasteiger partial charge in [-0.05, 0) is 12.8 Å². The molecule has 1 heterocycles. The minimum absolute atomic E-state index is 0.141. The fraction of sp³-hybridized carbons (Fsp3) is 0.800. The molecular weight excluding hydrogens is 182 g/mol. The molecule has 2 amide bonds. The largest absolute Gasteiger partial charge is 0.394 e. The third-order valence-corrected chi connectivity index (χ3v) is 3.14. The minimum Gasteiger partial charge on any atom is -0.394 e. The van der Waals surface area contributed by atoms with Gasteiger partial charge in [-0.25, -0.2) is 0 Å². The number of carbonyl (C=O) groups is 2. The van der Waals surface area contributed by atoms with Crippen LogP contribution in [0.2, 0.25) is 0 Å². The van der Waals surface area contributed by atoms with Crippen molar-refractivity contribution in [3.63, 3.8) is 0 Å². The number of likely N-dealkylation sites (tertiary alicyclic amines) is 1. The SMILES string of the molecule is CCC(CC)(CO)N1C(=O)CCC1=O. The van der Waals surface area contributed by atoms with Crippen LogP contribution in [-0.2, 0) is 9.59 Å². The molecule has 1 rings (SSSR count). The van der Waals surface area contributed by atoms with Crippen LogP contribution in [0.15, 0.2) is 0 Å². The van der Waals surface area contributed by atoms with Crippen LogP contribution < -0.4 is 0 Å². The van der Waals surface area contributed by atoms with Gasteiger partial charge in [0, 0.05) is 12.8 Å². The number of aliphatic hydroxyl groups is 1. The average molecular weight is 199 g/mol. The molecule has 0 aromatic heterocycles. The summed E-state index contributed by atoms with van der Waals surface area (Å²) in [5.41, 5.74) is -0.662.